The molecule has 1 aromatic heterocycles. The first-order valence-electron chi connectivity index (χ1n) is 8.66. The van der Waals surface area contributed by atoms with Crippen LogP contribution < -0.4 is 5.32 Å². The van der Waals surface area contributed by atoms with Crippen molar-refractivity contribution in [2.75, 3.05) is 5.32 Å². The maximum Gasteiger partial charge on any atom is 0.235 e. The van der Waals surface area contributed by atoms with E-state index in [1.807, 2.05) is 30.3 Å². The van der Waals surface area contributed by atoms with Gasteiger partial charge in [-0.25, -0.2) is 0 Å². The highest BCUT2D eigenvalue weighted by Crippen LogP contribution is 2.46. The van der Waals surface area contributed by atoms with Crippen molar-refractivity contribution in [3.05, 3.63) is 51.9 Å². The number of thiophene rings is 1. The molecule has 2 aliphatic rings. The zero-order chi connectivity index (χ0) is 16.6. The minimum absolute atomic E-state index is 0.0510. The Kier molecular flexibility index (Phi) is 3.90. The van der Waals surface area contributed by atoms with Crippen LogP contribution in [-0.2, 0) is 23.1 Å². The Morgan fingerprint density at radius 2 is 1.88 bits per heavy atom. The van der Waals surface area contributed by atoms with Crippen LogP contribution in [0.15, 0.2) is 30.3 Å². The molecule has 1 fully saturated rings. The molecule has 0 radical (unpaired) electrons. The number of benzene rings is 1. The number of nitrogens with one attached hydrogen (secondary N) is 1. The molecule has 1 heterocycles. The van der Waals surface area contributed by atoms with E-state index in [4.69, 9.17) is 0 Å². The van der Waals surface area contributed by atoms with Crippen LogP contribution in [-0.4, -0.2) is 5.91 Å². The first-order chi connectivity index (χ1) is 11.7. The van der Waals surface area contributed by atoms with Gasteiger partial charge < -0.3 is 5.32 Å². The van der Waals surface area contributed by atoms with Gasteiger partial charge in [0, 0.05) is 4.88 Å². The summed E-state index contributed by atoms with van der Waals surface area (Å²) in [6.07, 6.45) is 7.17. The van der Waals surface area contributed by atoms with Crippen LogP contribution in [0.3, 0.4) is 0 Å². The molecule has 1 N–H and O–H groups in total. The average Bonchev–Trinajstić information content (AvgIpc) is 2.91. The number of carbonyl (C=O) groups is 1. The standard InChI is InChI=1S/C20H20N2OS/c21-13-16-15-9-4-5-10-17(15)24-18(16)22-19(23)20(11-6-12-20)14-7-2-1-3-8-14/h1-3,7-8H,4-6,9-12H2,(H,22,23). The van der Waals surface area contributed by atoms with Crippen molar-refractivity contribution in [2.24, 2.45) is 0 Å². The van der Waals surface area contributed by atoms with Crippen molar-refractivity contribution in [1.82, 2.24) is 0 Å². The van der Waals surface area contributed by atoms with E-state index in [0.717, 1.165) is 49.1 Å². The molecule has 0 bridgehead atoms. The Hall–Kier alpha value is -2.12. The van der Waals surface area contributed by atoms with Crippen molar-refractivity contribution < 1.29 is 4.79 Å². The summed E-state index contributed by atoms with van der Waals surface area (Å²) in [5.41, 5.74) is 2.55. The molecule has 3 nitrogen and oxygen atoms in total. The Balaban J connectivity index is 1.65. The molecule has 0 atom stereocenters. The van der Waals surface area contributed by atoms with Crippen LogP contribution in [0, 0.1) is 11.3 Å². The quantitative estimate of drug-likeness (QED) is 0.893. The van der Waals surface area contributed by atoms with E-state index in [1.54, 1.807) is 11.3 Å². The second kappa shape index (κ2) is 6.07. The van der Waals surface area contributed by atoms with Crippen molar-refractivity contribution in [3.63, 3.8) is 0 Å². The Morgan fingerprint density at radius 3 is 2.54 bits per heavy atom. The smallest absolute Gasteiger partial charge is 0.235 e. The lowest BCUT2D eigenvalue weighted by Crippen LogP contribution is -2.45. The van der Waals surface area contributed by atoms with E-state index in [2.05, 4.69) is 11.4 Å². The Morgan fingerprint density at radius 1 is 1.12 bits per heavy atom. The summed E-state index contributed by atoms with van der Waals surface area (Å²) < 4.78 is 0. The molecular weight excluding hydrogens is 316 g/mol. The van der Waals surface area contributed by atoms with Gasteiger partial charge in [0.2, 0.25) is 5.91 Å². The summed E-state index contributed by atoms with van der Waals surface area (Å²) in [5, 5.41) is 13.5. The maximum atomic E-state index is 13.1. The molecule has 0 spiro atoms. The fraction of sp³-hybridized carbons (Fsp3) is 0.400. The summed E-state index contributed by atoms with van der Waals surface area (Å²) in [4.78, 5) is 14.4. The Bertz CT molecular complexity index is 812. The zero-order valence-corrected chi connectivity index (χ0v) is 14.4. The maximum absolute atomic E-state index is 13.1. The largest absolute Gasteiger partial charge is 0.316 e. The van der Waals surface area contributed by atoms with Crippen LogP contribution in [0.2, 0.25) is 0 Å². The highest BCUT2D eigenvalue weighted by molar-refractivity contribution is 7.16. The monoisotopic (exact) mass is 336 g/mol. The van der Waals surface area contributed by atoms with Crippen molar-refractivity contribution >= 4 is 22.2 Å². The number of fused-ring (bicyclic) bond motifs is 1. The van der Waals surface area contributed by atoms with E-state index in [9.17, 15) is 10.1 Å². The van der Waals surface area contributed by atoms with E-state index >= 15 is 0 Å². The Labute approximate surface area is 146 Å². The SMILES string of the molecule is N#Cc1c(NC(=O)C2(c3ccccc3)CCC2)sc2c1CCCC2. The molecule has 0 saturated heterocycles. The van der Waals surface area contributed by atoms with Crippen molar-refractivity contribution in [3.8, 4) is 6.07 Å². The molecule has 1 amide bonds. The number of aryl methyl sites for hydroxylation is 1. The van der Waals surface area contributed by atoms with Crippen LogP contribution >= 0.6 is 11.3 Å². The third-order valence-corrected chi connectivity index (χ3v) is 6.69. The van der Waals surface area contributed by atoms with E-state index < -0.39 is 5.41 Å². The predicted molar refractivity (Wildman–Crippen MR) is 96.3 cm³/mol. The highest BCUT2D eigenvalue weighted by atomic mass is 32.1. The number of nitrogens with zero attached hydrogens (tertiary/aromatic N) is 1. The zero-order valence-electron chi connectivity index (χ0n) is 13.6. The molecule has 4 heteroatoms. The lowest BCUT2D eigenvalue weighted by molar-refractivity contribution is -0.124. The molecule has 122 valence electrons. The first kappa shape index (κ1) is 15.4. The van der Waals surface area contributed by atoms with Gasteiger partial charge in [-0.3, -0.25) is 4.79 Å². The summed E-state index contributed by atoms with van der Waals surface area (Å²) in [5.74, 6) is 0.0510. The van der Waals surface area contributed by atoms with E-state index in [0.29, 0.717) is 5.56 Å². The van der Waals surface area contributed by atoms with Gasteiger partial charge in [0.25, 0.3) is 0 Å². The molecule has 24 heavy (non-hydrogen) atoms. The number of nitriles is 1. The molecule has 1 saturated carbocycles. The summed E-state index contributed by atoms with van der Waals surface area (Å²) in [7, 11) is 0. The van der Waals surface area contributed by atoms with Crippen molar-refractivity contribution in [2.45, 2.75) is 50.4 Å². The highest BCUT2D eigenvalue weighted by Gasteiger charge is 2.45. The van der Waals surface area contributed by atoms with Crippen LogP contribution in [0.1, 0.15) is 53.7 Å². The lowest BCUT2D eigenvalue weighted by Gasteiger charge is -2.40. The van der Waals surface area contributed by atoms with Gasteiger partial charge in [-0.05, 0) is 49.7 Å². The van der Waals surface area contributed by atoms with Crippen LogP contribution in [0.5, 0.6) is 0 Å². The van der Waals surface area contributed by atoms with Crippen molar-refractivity contribution in [1.29, 1.82) is 5.26 Å². The normalized spacial score (nSPS) is 18.1. The van der Waals surface area contributed by atoms with E-state index in [1.165, 1.54) is 16.9 Å². The minimum Gasteiger partial charge on any atom is -0.316 e. The number of amides is 1. The molecule has 2 aromatic rings. The predicted octanol–water partition coefficient (Wildman–Crippen LogP) is 4.56. The molecule has 4 rings (SSSR count). The van der Waals surface area contributed by atoms with Gasteiger partial charge in [-0.1, -0.05) is 36.8 Å². The fourth-order valence-corrected chi connectivity index (χ4v) is 5.16. The van der Waals surface area contributed by atoms with Gasteiger partial charge in [0.15, 0.2) is 0 Å². The summed E-state index contributed by atoms with van der Waals surface area (Å²) in [6, 6.07) is 12.4. The molecular formula is C20H20N2OS. The van der Waals surface area contributed by atoms with Crippen LogP contribution in [0.25, 0.3) is 0 Å². The molecule has 2 aliphatic carbocycles. The van der Waals surface area contributed by atoms with Gasteiger partial charge in [-0.15, -0.1) is 11.3 Å². The van der Waals surface area contributed by atoms with Gasteiger partial charge >= 0.3 is 0 Å². The molecule has 0 aliphatic heterocycles. The third-order valence-electron chi connectivity index (χ3n) is 5.48. The third kappa shape index (κ3) is 2.35. The average molecular weight is 336 g/mol. The number of rotatable bonds is 3. The second-order valence-corrected chi connectivity index (χ2v) is 7.89. The van der Waals surface area contributed by atoms with Gasteiger partial charge in [0.05, 0.1) is 11.0 Å². The topological polar surface area (TPSA) is 52.9 Å². The number of hydrogen-bond acceptors (Lipinski definition) is 3. The van der Waals surface area contributed by atoms with Gasteiger partial charge in [0.1, 0.15) is 11.1 Å². The second-order valence-electron chi connectivity index (χ2n) is 6.78. The molecule has 1 aromatic carbocycles. The summed E-state index contributed by atoms with van der Waals surface area (Å²) >= 11 is 1.61. The first-order valence-corrected chi connectivity index (χ1v) is 9.48. The number of anilines is 1. The number of hydrogen-bond donors (Lipinski definition) is 1. The minimum atomic E-state index is -0.418. The fourth-order valence-electron chi connectivity index (χ4n) is 3.93. The van der Waals surface area contributed by atoms with Crippen LogP contribution in [0.4, 0.5) is 5.00 Å². The molecule has 0 unspecified atom stereocenters. The van der Waals surface area contributed by atoms with E-state index in [-0.39, 0.29) is 5.91 Å². The lowest BCUT2D eigenvalue weighted by atomic mass is 9.64. The number of carbonyl (C=O) groups excluding carboxylic acids is 1. The summed E-state index contributed by atoms with van der Waals surface area (Å²) in [6.45, 7) is 0. The van der Waals surface area contributed by atoms with Gasteiger partial charge in [-0.2, -0.15) is 5.26 Å².